The van der Waals surface area contributed by atoms with Gasteiger partial charge in [-0.15, -0.1) is 0 Å². The summed E-state index contributed by atoms with van der Waals surface area (Å²) in [6, 6.07) is 11.3. The quantitative estimate of drug-likeness (QED) is 0.617. The zero-order valence-corrected chi connectivity index (χ0v) is 17.1. The number of rotatable bonds is 3. The molecule has 2 heterocycles. The first-order chi connectivity index (χ1) is 14.3. The number of amides is 2. The van der Waals surface area contributed by atoms with E-state index < -0.39 is 6.09 Å². The van der Waals surface area contributed by atoms with Crippen LogP contribution in [0.1, 0.15) is 32.6 Å². The van der Waals surface area contributed by atoms with Crippen LogP contribution in [0.15, 0.2) is 42.6 Å². The smallest absolute Gasteiger partial charge is 0.404 e. The highest BCUT2D eigenvalue weighted by Crippen LogP contribution is 2.37. The Morgan fingerprint density at radius 2 is 2.00 bits per heavy atom. The molecule has 3 aromatic rings. The molecule has 0 atom stereocenters. The number of anilines is 3. The Morgan fingerprint density at radius 1 is 1.20 bits per heavy atom. The predicted octanol–water partition coefficient (Wildman–Crippen LogP) is 3.71. The molecule has 1 aliphatic rings. The van der Waals surface area contributed by atoms with Crippen LogP contribution in [0.25, 0.3) is 0 Å². The third kappa shape index (κ3) is 3.59. The van der Waals surface area contributed by atoms with E-state index in [0.717, 1.165) is 39.4 Å². The molecule has 2 aromatic carbocycles. The van der Waals surface area contributed by atoms with Crippen molar-refractivity contribution in [3.8, 4) is 0 Å². The summed E-state index contributed by atoms with van der Waals surface area (Å²) in [5, 5.41) is 18.9. The second-order valence-corrected chi connectivity index (χ2v) is 7.49. The monoisotopic (exact) mass is 405 g/mol. The molecule has 0 bridgehead atoms. The molecule has 0 fully saturated rings. The summed E-state index contributed by atoms with van der Waals surface area (Å²) < 4.78 is 1.77. The van der Waals surface area contributed by atoms with E-state index in [-0.39, 0.29) is 12.5 Å². The Labute approximate surface area is 174 Å². The predicted molar refractivity (Wildman–Crippen MR) is 114 cm³/mol. The molecule has 0 radical (unpaired) electrons. The van der Waals surface area contributed by atoms with Crippen LogP contribution in [0.4, 0.5) is 22.0 Å². The van der Waals surface area contributed by atoms with Crippen molar-refractivity contribution in [3.05, 3.63) is 70.4 Å². The van der Waals surface area contributed by atoms with Crippen LogP contribution in [0.2, 0.25) is 0 Å². The van der Waals surface area contributed by atoms with Crippen molar-refractivity contribution in [2.75, 3.05) is 10.2 Å². The van der Waals surface area contributed by atoms with E-state index in [2.05, 4.69) is 15.7 Å². The fourth-order valence-electron chi connectivity index (χ4n) is 3.71. The number of carboxylic acid groups (broad SMARTS) is 1. The normalized spacial score (nSPS) is 12.4. The fraction of sp³-hybridized carbons (Fsp3) is 0.227. The molecule has 8 heteroatoms. The second-order valence-electron chi connectivity index (χ2n) is 7.49. The summed E-state index contributed by atoms with van der Waals surface area (Å²) in [6.07, 6.45) is 0.693. The molecular weight excluding hydrogens is 382 g/mol. The minimum atomic E-state index is -1.08. The largest absolute Gasteiger partial charge is 0.465 e. The van der Waals surface area contributed by atoms with Gasteiger partial charge in [0.2, 0.25) is 0 Å². The molecule has 0 aliphatic carbocycles. The highest BCUT2D eigenvalue weighted by atomic mass is 16.4. The number of nitrogens with one attached hydrogen (secondary N) is 2. The number of fused-ring (bicyclic) bond motifs is 2. The van der Waals surface area contributed by atoms with E-state index in [1.165, 1.54) is 0 Å². The molecule has 1 aliphatic heterocycles. The van der Waals surface area contributed by atoms with Crippen molar-refractivity contribution < 1.29 is 14.7 Å². The molecule has 0 spiro atoms. The zero-order valence-electron chi connectivity index (χ0n) is 17.1. The molecule has 3 N–H and O–H groups in total. The van der Waals surface area contributed by atoms with Gasteiger partial charge in [-0.05, 0) is 48.7 Å². The molecule has 2 amide bonds. The van der Waals surface area contributed by atoms with Gasteiger partial charge in [-0.25, -0.2) is 4.79 Å². The van der Waals surface area contributed by atoms with E-state index in [0.29, 0.717) is 12.1 Å². The summed E-state index contributed by atoms with van der Waals surface area (Å²) in [4.78, 5) is 26.1. The average Bonchev–Trinajstić information content (AvgIpc) is 2.95. The van der Waals surface area contributed by atoms with Crippen LogP contribution < -0.4 is 15.5 Å². The third-order valence-corrected chi connectivity index (χ3v) is 5.25. The number of nitrogens with zero attached hydrogens (tertiary/aromatic N) is 3. The van der Waals surface area contributed by atoms with E-state index >= 15 is 0 Å². The molecule has 8 nitrogen and oxygen atoms in total. The molecule has 0 saturated heterocycles. The molecule has 30 heavy (non-hydrogen) atoms. The van der Waals surface area contributed by atoms with Gasteiger partial charge in [0.05, 0.1) is 24.1 Å². The minimum Gasteiger partial charge on any atom is -0.465 e. The number of hydrogen-bond acceptors (Lipinski definition) is 4. The SMILES string of the molecule is Cc1ccc2c(c1)Nc1c(cnn1C)CN2C(=O)c1ccc(CNC(=O)O)cc1C. The minimum absolute atomic E-state index is 0.117. The van der Waals surface area contributed by atoms with Crippen LogP contribution >= 0.6 is 0 Å². The van der Waals surface area contributed by atoms with E-state index in [4.69, 9.17) is 5.11 Å². The second kappa shape index (κ2) is 7.55. The van der Waals surface area contributed by atoms with Gasteiger partial charge >= 0.3 is 6.09 Å². The van der Waals surface area contributed by atoms with Gasteiger partial charge in [0.15, 0.2) is 0 Å². The number of carbonyl (C=O) groups excluding carboxylic acids is 1. The van der Waals surface area contributed by atoms with Crippen LogP contribution in [0, 0.1) is 13.8 Å². The summed E-state index contributed by atoms with van der Waals surface area (Å²) in [5.41, 5.74) is 5.85. The first kappa shape index (κ1) is 19.5. The zero-order chi connectivity index (χ0) is 21.4. The Kier molecular flexibility index (Phi) is 4.91. The Hall–Kier alpha value is -3.81. The Balaban J connectivity index is 1.72. The van der Waals surface area contributed by atoms with Crippen molar-refractivity contribution in [2.45, 2.75) is 26.9 Å². The number of aromatic nitrogens is 2. The first-order valence-corrected chi connectivity index (χ1v) is 9.60. The van der Waals surface area contributed by atoms with Crippen molar-refractivity contribution in [3.63, 3.8) is 0 Å². The van der Waals surface area contributed by atoms with E-state index in [9.17, 15) is 9.59 Å². The number of hydrogen-bond donors (Lipinski definition) is 3. The van der Waals surface area contributed by atoms with Gasteiger partial charge < -0.3 is 20.6 Å². The standard InChI is InChI=1S/C22H23N5O3/c1-13-4-7-19-18(8-13)25-20-16(11-24-26(20)3)12-27(19)21(28)17-6-5-15(9-14(17)2)10-23-22(29)30/h4-9,11,23,25H,10,12H2,1-3H3,(H,29,30). The lowest BCUT2D eigenvalue weighted by Gasteiger charge is -2.24. The lowest BCUT2D eigenvalue weighted by atomic mass is 10.0. The number of aryl methyl sites for hydroxylation is 3. The lowest BCUT2D eigenvalue weighted by molar-refractivity contribution is 0.0984. The number of carbonyl (C=O) groups is 2. The molecule has 1 aromatic heterocycles. The van der Waals surface area contributed by atoms with Crippen LogP contribution in [0.5, 0.6) is 0 Å². The molecule has 4 rings (SSSR count). The molecular formula is C22H23N5O3. The van der Waals surface area contributed by atoms with Crippen molar-refractivity contribution in [1.82, 2.24) is 15.1 Å². The highest BCUT2D eigenvalue weighted by molar-refractivity contribution is 6.09. The maximum atomic E-state index is 13.6. The van der Waals surface area contributed by atoms with Gasteiger partial charge in [-0.2, -0.15) is 5.10 Å². The molecule has 154 valence electrons. The fourth-order valence-corrected chi connectivity index (χ4v) is 3.71. The summed E-state index contributed by atoms with van der Waals surface area (Å²) in [6.45, 7) is 4.46. The highest BCUT2D eigenvalue weighted by Gasteiger charge is 2.27. The maximum absolute atomic E-state index is 13.6. The third-order valence-electron chi connectivity index (χ3n) is 5.25. The van der Waals surface area contributed by atoms with Gasteiger partial charge in [-0.1, -0.05) is 18.2 Å². The number of benzene rings is 2. The van der Waals surface area contributed by atoms with Crippen molar-refractivity contribution in [1.29, 1.82) is 0 Å². The van der Waals surface area contributed by atoms with Crippen LogP contribution in [-0.2, 0) is 20.1 Å². The first-order valence-electron chi connectivity index (χ1n) is 9.60. The topological polar surface area (TPSA) is 99.5 Å². The van der Waals surface area contributed by atoms with Crippen LogP contribution in [0.3, 0.4) is 0 Å². The van der Waals surface area contributed by atoms with Gasteiger partial charge in [0.1, 0.15) is 5.82 Å². The van der Waals surface area contributed by atoms with Gasteiger partial charge in [0, 0.05) is 24.7 Å². The maximum Gasteiger partial charge on any atom is 0.404 e. The van der Waals surface area contributed by atoms with Crippen LogP contribution in [-0.4, -0.2) is 26.9 Å². The summed E-state index contributed by atoms with van der Waals surface area (Å²) in [7, 11) is 1.87. The van der Waals surface area contributed by atoms with E-state index in [1.807, 2.05) is 45.2 Å². The summed E-state index contributed by atoms with van der Waals surface area (Å²) in [5.74, 6) is 0.748. The molecule has 0 saturated carbocycles. The van der Waals surface area contributed by atoms with Gasteiger partial charge in [-0.3, -0.25) is 9.48 Å². The van der Waals surface area contributed by atoms with Gasteiger partial charge in [0.25, 0.3) is 5.91 Å². The average molecular weight is 405 g/mol. The van der Waals surface area contributed by atoms with Crippen molar-refractivity contribution >= 4 is 29.2 Å². The van der Waals surface area contributed by atoms with Crippen molar-refractivity contribution in [2.24, 2.45) is 7.05 Å². The Morgan fingerprint density at radius 3 is 2.73 bits per heavy atom. The Bertz CT molecular complexity index is 1150. The molecule has 0 unspecified atom stereocenters. The summed E-state index contributed by atoms with van der Waals surface area (Å²) >= 11 is 0. The van der Waals surface area contributed by atoms with E-state index in [1.54, 1.807) is 27.9 Å². The lowest BCUT2D eigenvalue weighted by Crippen LogP contribution is -2.30.